The highest BCUT2D eigenvalue weighted by Crippen LogP contribution is 2.22. The van der Waals surface area contributed by atoms with Gasteiger partial charge in [-0.2, -0.15) is 5.10 Å². The van der Waals surface area contributed by atoms with Crippen LogP contribution in [0.5, 0.6) is 0 Å². The highest BCUT2D eigenvalue weighted by atomic mass is 79.9. The van der Waals surface area contributed by atoms with Crippen LogP contribution in [0.15, 0.2) is 23.2 Å². The van der Waals surface area contributed by atoms with Crippen molar-refractivity contribution < 1.29 is 14.3 Å². The van der Waals surface area contributed by atoms with Crippen molar-refractivity contribution in [3.63, 3.8) is 0 Å². The van der Waals surface area contributed by atoms with Crippen molar-refractivity contribution in [2.75, 3.05) is 18.9 Å². The van der Waals surface area contributed by atoms with Gasteiger partial charge in [-0.15, -0.1) is 0 Å². The summed E-state index contributed by atoms with van der Waals surface area (Å²) in [5, 5.41) is 4.37. The quantitative estimate of drug-likeness (QED) is 0.761. The van der Waals surface area contributed by atoms with E-state index >= 15 is 0 Å². The molecule has 9 nitrogen and oxygen atoms in total. The first-order chi connectivity index (χ1) is 13.1. The van der Waals surface area contributed by atoms with Crippen LogP contribution in [0, 0.1) is 0 Å². The molecule has 1 saturated heterocycles. The number of halogens is 1. The smallest absolute Gasteiger partial charge is 0.410 e. The Labute approximate surface area is 172 Å². The normalized spacial score (nSPS) is 20.2. The molecule has 2 atom stereocenters. The molecular weight excluding hydrogens is 428 g/mol. The number of amides is 1. The lowest BCUT2D eigenvalue weighted by Gasteiger charge is -2.38. The molecule has 2 aromatic rings. The maximum Gasteiger partial charge on any atom is 0.410 e. The van der Waals surface area contributed by atoms with Crippen molar-refractivity contribution in [3.05, 3.63) is 23.2 Å². The van der Waals surface area contributed by atoms with Gasteiger partial charge in [0.2, 0.25) is 0 Å². The Bertz CT molecular complexity index is 850. The van der Waals surface area contributed by atoms with Gasteiger partial charge in [-0.1, -0.05) is 0 Å². The van der Waals surface area contributed by atoms with Crippen molar-refractivity contribution >= 4 is 27.8 Å². The van der Waals surface area contributed by atoms with Crippen LogP contribution in [-0.4, -0.2) is 61.6 Å². The molecule has 3 rings (SSSR count). The molecule has 2 N–H and O–H groups in total. The van der Waals surface area contributed by atoms with Gasteiger partial charge < -0.3 is 20.1 Å². The number of carbonyl (C=O) groups excluding carboxylic acids is 1. The minimum atomic E-state index is -0.532. The summed E-state index contributed by atoms with van der Waals surface area (Å²) in [5.74, 6) is 0.336. The number of nitrogens with zero attached hydrogens (tertiary/aromatic N) is 5. The number of rotatable bonds is 3. The van der Waals surface area contributed by atoms with Crippen LogP contribution in [0.4, 0.5) is 10.6 Å². The first-order valence-electron chi connectivity index (χ1n) is 9.04. The predicted molar refractivity (Wildman–Crippen MR) is 108 cm³/mol. The summed E-state index contributed by atoms with van der Waals surface area (Å²) in [6, 6.07) is -0.0401. The van der Waals surface area contributed by atoms with Gasteiger partial charge in [0.25, 0.3) is 0 Å². The molecule has 2 aromatic heterocycles. The largest absolute Gasteiger partial charge is 0.444 e. The molecule has 1 aliphatic heterocycles. The average molecular weight is 453 g/mol. The SMILES string of the molecule is C[C@@H]1CO[C@H](Cn2cc(-c3cnc(N)c(Br)n3)cn2)CN1C(=O)OC(C)(C)C. The molecule has 3 heterocycles. The first kappa shape index (κ1) is 20.5. The second-order valence-corrected chi connectivity index (χ2v) is 8.57. The fraction of sp³-hybridized carbons (Fsp3) is 0.556. The molecule has 0 aliphatic carbocycles. The van der Waals surface area contributed by atoms with Crippen LogP contribution in [-0.2, 0) is 16.0 Å². The van der Waals surface area contributed by atoms with Gasteiger partial charge in [0, 0.05) is 11.8 Å². The Morgan fingerprint density at radius 3 is 2.86 bits per heavy atom. The molecule has 28 heavy (non-hydrogen) atoms. The van der Waals surface area contributed by atoms with Crippen molar-refractivity contribution in [1.82, 2.24) is 24.6 Å². The molecule has 0 saturated carbocycles. The van der Waals surface area contributed by atoms with E-state index in [0.29, 0.717) is 35.8 Å². The van der Waals surface area contributed by atoms with E-state index < -0.39 is 5.60 Å². The van der Waals surface area contributed by atoms with E-state index in [4.69, 9.17) is 15.2 Å². The number of carbonyl (C=O) groups is 1. The summed E-state index contributed by atoms with van der Waals surface area (Å²) in [6.07, 6.45) is 4.68. The van der Waals surface area contributed by atoms with E-state index in [2.05, 4.69) is 31.0 Å². The van der Waals surface area contributed by atoms with Crippen molar-refractivity contribution in [2.24, 2.45) is 0 Å². The van der Waals surface area contributed by atoms with Gasteiger partial charge in [-0.25, -0.2) is 14.8 Å². The monoisotopic (exact) mass is 452 g/mol. The van der Waals surface area contributed by atoms with Crippen LogP contribution in [0.25, 0.3) is 11.3 Å². The average Bonchev–Trinajstić information content (AvgIpc) is 3.06. The summed E-state index contributed by atoms with van der Waals surface area (Å²) in [6.45, 7) is 8.93. The molecule has 0 radical (unpaired) electrons. The van der Waals surface area contributed by atoms with Crippen LogP contribution < -0.4 is 5.73 Å². The molecular formula is C18H25BrN6O3. The standard InChI is InChI=1S/C18H25BrN6O3/c1-11-10-27-13(9-25(11)17(26)28-18(2,3)4)8-24-7-12(5-22-24)14-6-21-16(20)15(19)23-14/h5-7,11,13H,8-10H2,1-4H3,(H2,20,21)/t11-,13-/m1/s1. The number of hydrogen-bond acceptors (Lipinski definition) is 7. The van der Waals surface area contributed by atoms with E-state index in [1.165, 1.54) is 0 Å². The van der Waals surface area contributed by atoms with Gasteiger partial charge in [0.15, 0.2) is 5.82 Å². The summed E-state index contributed by atoms with van der Waals surface area (Å²) >= 11 is 3.28. The molecule has 0 spiro atoms. The minimum Gasteiger partial charge on any atom is -0.444 e. The lowest BCUT2D eigenvalue weighted by molar-refractivity contribution is -0.0711. The molecule has 1 amide bonds. The molecule has 152 valence electrons. The fourth-order valence-corrected chi connectivity index (χ4v) is 3.12. The third-order valence-corrected chi connectivity index (χ3v) is 4.79. The Morgan fingerprint density at radius 2 is 2.18 bits per heavy atom. The Hall–Kier alpha value is -2.20. The van der Waals surface area contributed by atoms with Gasteiger partial charge in [0.05, 0.1) is 49.9 Å². The van der Waals surface area contributed by atoms with Crippen molar-refractivity contribution in [1.29, 1.82) is 0 Å². The first-order valence-corrected chi connectivity index (χ1v) is 9.84. The fourth-order valence-electron chi connectivity index (χ4n) is 2.82. The maximum atomic E-state index is 12.5. The third-order valence-electron chi connectivity index (χ3n) is 4.21. The van der Waals surface area contributed by atoms with Crippen LogP contribution >= 0.6 is 15.9 Å². The second kappa shape index (κ2) is 8.04. The number of ether oxygens (including phenoxy) is 2. The van der Waals surface area contributed by atoms with E-state index in [1.54, 1.807) is 22.0 Å². The molecule has 10 heteroatoms. The lowest BCUT2D eigenvalue weighted by atomic mass is 10.2. The molecule has 1 fully saturated rings. The van der Waals surface area contributed by atoms with E-state index in [1.807, 2.05) is 33.9 Å². The number of morpholine rings is 1. The number of nitrogen functional groups attached to an aromatic ring is 1. The molecule has 0 aromatic carbocycles. The van der Waals surface area contributed by atoms with Crippen LogP contribution in [0.1, 0.15) is 27.7 Å². The summed E-state index contributed by atoms with van der Waals surface area (Å²) < 4.78 is 13.7. The summed E-state index contributed by atoms with van der Waals surface area (Å²) in [4.78, 5) is 22.6. The van der Waals surface area contributed by atoms with Crippen molar-refractivity contribution in [3.8, 4) is 11.3 Å². The zero-order chi connectivity index (χ0) is 20.5. The zero-order valence-corrected chi connectivity index (χ0v) is 18.0. The van der Waals surface area contributed by atoms with E-state index in [9.17, 15) is 4.79 Å². The van der Waals surface area contributed by atoms with E-state index in [-0.39, 0.29) is 18.2 Å². The predicted octanol–water partition coefficient (Wildman–Crippen LogP) is 2.71. The van der Waals surface area contributed by atoms with Gasteiger partial charge in [0.1, 0.15) is 10.2 Å². The number of nitrogens with two attached hydrogens (primary N) is 1. The Kier molecular flexibility index (Phi) is 5.90. The third kappa shape index (κ3) is 4.99. The minimum absolute atomic E-state index is 0.0401. The topological polar surface area (TPSA) is 108 Å². The summed E-state index contributed by atoms with van der Waals surface area (Å²) in [7, 11) is 0. The lowest BCUT2D eigenvalue weighted by Crippen LogP contribution is -2.53. The molecule has 0 bridgehead atoms. The maximum absolute atomic E-state index is 12.5. The highest BCUT2D eigenvalue weighted by Gasteiger charge is 2.33. The van der Waals surface area contributed by atoms with Crippen LogP contribution in [0.3, 0.4) is 0 Å². The number of anilines is 1. The molecule has 1 aliphatic rings. The number of aromatic nitrogens is 4. The van der Waals surface area contributed by atoms with Crippen LogP contribution in [0.2, 0.25) is 0 Å². The highest BCUT2D eigenvalue weighted by molar-refractivity contribution is 9.10. The summed E-state index contributed by atoms with van der Waals surface area (Å²) in [5.41, 5.74) is 6.64. The molecule has 0 unspecified atom stereocenters. The second-order valence-electron chi connectivity index (χ2n) is 7.82. The zero-order valence-electron chi connectivity index (χ0n) is 16.4. The van der Waals surface area contributed by atoms with Gasteiger partial charge in [-0.3, -0.25) is 4.68 Å². The Balaban J connectivity index is 1.66. The van der Waals surface area contributed by atoms with Gasteiger partial charge >= 0.3 is 6.09 Å². The Morgan fingerprint density at radius 1 is 1.43 bits per heavy atom. The van der Waals surface area contributed by atoms with Crippen molar-refractivity contribution in [2.45, 2.75) is 52.0 Å². The number of hydrogen-bond donors (Lipinski definition) is 1. The van der Waals surface area contributed by atoms with E-state index in [0.717, 1.165) is 5.56 Å². The van der Waals surface area contributed by atoms with Gasteiger partial charge in [-0.05, 0) is 43.6 Å².